The number of nitrogens with two attached hydrogens (primary N) is 2. The Kier molecular flexibility index (Phi) is 3.54. The Bertz CT molecular complexity index is 743. The highest BCUT2D eigenvalue weighted by Crippen LogP contribution is 2.39. The Balaban J connectivity index is 2.73. The highest BCUT2D eigenvalue weighted by atomic mass is 35.5. The third kappa shape index (κ3) is 2.40. The Morgan fingerprint density at radius 1 is 1.38 bits per heavy atom. The number of hydrogen-bond acceptors (Lipinski definition) is 4. The smallest absolute Gasteiger partial charge is 0.147 e. The van der Waals surface area contributed by atoms with Crippen molar-refractivity contribution in [2.24, 2.45) is 10.7 Å². The standard InChI is InChI=1S/C14H19ClFN3OS/c1-13(2)12(18)19-14(3,7-21(13,4)20)9-5-8(17)6-10(15)11(9)16/h5-6H,4,7,17H2,1-3H3,(H2,18,19)/t14-,21?/m0/s1. The number of halogens is 2. The minimum Gasteiger partial charge on any atom is -0.399 e. The predicted octanol–water partition coefficient (Wildman–Crippen LogP) is 2.14. The zero-order valence-corrected chi connectivity index (χ0v) is 13.8. The van der Waals surface area contributed by atoms with E-state index in [-0.39, 0.29) is 22.2 Å². The topological polar surface area (TPSA) is 81.5 Å². The molecule has 0 fully saturated rings. The lowest BCUT2D eigenvalue weighted by Gasteiger charge is -2.41. The fourth-order valence-electron chi connectivity index (χ4n) is 2.40. The van der Waals surface area contributed by atoms with Gasteiger partial charge in [0, 0.05) is 17.0 Å². The molecule has 2 rings (SSSR count). The molecule has 0 amide bonds. The van der Waals surface area contributed by atoms with Gasteiger partial charge in [-0.25, -0.2) is 4.39 Å². The van der Waals surface area contributed by atoms with Gasteiger partial charge in [0.2, 0.25) is 0 Å². The van der Waals surface area contributed by atoms with Crippen LogP contribution in [-0.4, -0.2) is 26.4 Å². The van der Waals surface area contributed by atoms with Crippen molar-refractivity contribution in [2.45, 2.75) is 31.1 Å². The number of anilines is 1. The number of nitrogens with zero attached hydrogens (tertiary/aromatic N) is 1. The molecule has 0 spiro atoms. The first-order valence-corrected chi connectivity index (χ1v) is 8.63. The molecular formula is C14H19ClFN3OS. The molecule has 1 aromatic rings. The van der Waals surface area contributed by atoms with E-state index in [0.717, 1.165) is 0 Å². The number of amidine groups is 1. The van der Waals surface area contributed by atoms with Crippen molar-refractivity contribution >= 4 is 38.5 Å². The lowest BCUT2D eigenvalue weighted by Crippen LogP contribution is -2.54. The van der Waals surface area contributed by atoms with Crippen LogP contribution in [0.25, 0.3) is 0 Å². The van der Waals surface area contributed by atoms with Crippen molar-refractivity contribution in [1.29, 1.82) is 0 Å². The average Bonchev–Trinajstić information content (AvgIpc) is 2.30. The first kappa shape index (κ1) is 16.1. The first-order valence-electron chi connectivity index (χ1n) is 6.36. The summed E-state index contributed by atoms with van der Waals surface area (Å²) in [5.41, 5.74) is 11.1. The number of nitrogen functional groups attached to an aromatic ring is 1. The van der Waals surface area contributed by atoms with Crippen LogP contribution in [0.1, 0.15) is 26.3 Å². The molecule has 0 saturated carbocycles. The largest absolute Gasteiger partial charge is 0.399 e. The van der Waals surface area contributed by atoms with Gasteiger partial charge in [-0.2, -0.15) is 0 Å². The van der Waals surface area contributed by atoms with E-state index in [1.54, 1.807) is 20.8 Å². The molecule has 4 N–H and O–H groups in total. The number of rotatable bonds is 1. The Hall–Kier alpha value is -1.27. The van der Waals surface area contributed by atoms with Gasteiger partial charge in [0.05, 0.1) is 15.3 Å². The molecular weight excluding hydrogens is 313 g/mol. The SMILES string of the molecule is C=S1(=O)C[C@@](C)(c2cc(N)cc(Cl)c2F)N=C(N)C1(C)C. The van der Waals surface area contributed by atoms with Gasteiger partial charge in [-0.1, -0.05) is 11.6 Å². The van der Waals surface area contributed by atoms with Gasteiger partial charge in [-0.15, -0.1) is 0 Å². The van der Waals surface area contributed by atoms with Crippen LogP contribution in [0.2, 0.25) is 5.02 Å². The number of benzene rings is 1. The number of aliphatic imine (C=N–C) groups is 1. The fourth-order valence-corrected chi connectivity index (χ4v) is 4.54. The normalized spacial score (nSPS) is 31.8. The van der Waals surface area contributed by atoms with Gasteiger partial charge < -0.3 is 11.5 Å². The molecule has 0 radical (unpaired) electrons. The second-order valence-electron chi connectivity index (χ2n) is 6.10. The zero-order valence-electron chi connectivity index (χ0n) is 12.2. The van der Waals surface area contributed by atoms with Crippen LogP contribution in [0.15, 0.2) is 17.1 Å². The molecule has 116 valence electrons. The van der Waals surface area contributed by atoms with Crippen LogP contribution < -0.4 is 11.5 Å². The molecule has 0 aromatic heterocycles. The lowest BCUT2D eigenvalue weighted by molar-refractivity contribution is 0.493. The third-order valence-corrected chi connectivity index (χ3v) is 7.43. The number of hydrogen-bond donors (Lipinski definition) is 2. The zero-order chi connectivity index (χ0) is 16.2. The van der Waals surface area contributed by atoms with E-state index in [1.165, 1.54) is 12.1 Å². The molecule has 1 aliphatic rings. The molecule has 1 aromatic carbocycles. The van der Waals surface area contributed by atoms with E-state index in [2.05, 4.69) is 10.9 Å². The van der Waals surface area contributed by atoms with Crippen molar-refractivity contribution in [3.63, 3.8) is 0 Å². The van der Waals surface area contributed by atoms with Crippen LogP contribution in [-0.2, 0) is 15.1 Å². The highest BCUT2D eigenvalue weighted by Gasteiger charge is 2.46. The Morgan fingerprint density at radius 2 is 1.95 bits per heavy atom. The Labute approximate surface area is 129 Å². The summed E-state index contributed by atoms with van der Waals surface area (Å²) in [4.78, 5) is 4.40. The molecule has 1 unspecified atom stereocenters. The predicted molar refractivity (Wildman–Crippen MR) is 89.0 cm³/mol. The van der Waals surface area contributed by atoms with Crippen molar-refractivity contribution in [3.8, 4) is 0 Å². The monoisotopic (exact) mass is 331 g/mol. The molecule has 21 heavy (non-hydrogen) atoms. The lowest BCUT2D eigenvalue weighted by atomic mass is 9.92. The van der Waals surface area contributed by atoms with Gasteiger partial charge in [0.1, 0.15) is 11.7 Å². The van der Waals surface area contributed by atoms with Gasteiger partial charge in [-0.05, 0) is 48.3 Å². The molecule has 1 aliphatic heterocycles. The maximum Gasteiger partial charge on any atom is 0.147 e. The van der Waals surface area contributed by atoms with Gasteiger partial charge in [0.15, 0.2) is 0 Å². The minimum absolute atomic E-state index is 0.0738. The summed E-state index contributed by atoms with van der Waals surface area (Å²) in [6, 6.07) is 2.77. The molecule has 7 heteroatoms. The molecule has 0 bridgehead atoms. The van der Waals surface area contributed by atoms with E-state index >= 15 is 0 Å². The second-order valence-corrected chi connectivity index (χ2v) is 9.44. The fraction of sp³-hybridized carbons (Fsp3) is 0.429. The maximum atomic E-state index is 14.4. The summed E-state index contributed by atoms with van der Waals surface area (Å²) in [6.45, 7) is 5.11. The van der Waals surface area contributed by atoms with Crippen LogP contribution in [0.3, 0.4) is 0 Å². The minimum atomic E-state index is -2.61. The van der Waals surface area contributed by atoms with E-state index in [4.69, 9.17) is 23.1 Å². The summed E-state index contributed by atoms with van der Waals surface area (Å²) in [7, 11) is -2.61. The van der Waals surface area contributed by atoms with Crippen LogP contribution >= 0.6 is 11.6 Å². The first-order chi connectivity index (χ1) is 9.41. The summed E-state index contributed by atoms with van der Waals surface area (Å²) < 4.78 is 26.4. The van der Waals surface area contributed by atoms with E-state index in [9.17, 15) is 8.60 Å². The van der Waals surface area contributed by atoms with Crippen LogP contribution in [0.5, 0.6) is 0 Å². The van der Waals surface area contributed by atoms with Crippen LogP contribution in [0, 0.1) is 5.82 Å². The van der Waals surface area contributed by atoms with Crippen LogP contribution in [0.4, 0.5) is 10.1 Å². The van der Waals surface area contributed by atoms with E-state index in [0.29, 0.717) is 5.69 Å². The van der Waals surface area contributed by atoms with E-state index < -0.39 is 25.6 Å². The average molecular weight is 332 g/mol. The maximum absolute atomic E-state index is 14.4. The summed E-state index contributed by atoms with van der Waals surface area (Å²) in [6.07, 6.45) is 0. The molecule has 4 nitrogen and oxygen atoms in total. The molecule has 2 atom stereocenters. The Morgan fingerprint density at radius 3 is 2.48 bits per heavy atom. The highest BCUT2D eigenvalue weighted by molar-refractivity contribution is 8.02. The third-order valence-electron chi connectivity index (χ3n) is 4.06. The van der Waals surface area contributed by atoms with Crippen molar-refractivity contribution in [3.05, 3.63) is 28.5 Å². The van der Waals surface area contributed by atoms with Gasteiger partial charge >= 0.3 is 0 Å². The summed E-state index contributed by atoms with van der Waals surface area (Å²) >= 11 is 5.84. The quantitative estimate of drug-likeness (QED) is 0.611. The van der Waals surface area contributed by atoms with Crippen molar-refractivity contribution in [1.82, 2.24) is 0 Å². The van der Waals surface area contributed by atoms with E-state index in [1.807, 2.05) is 0 Å². The molecule has 0 aliphatic carbocycles. The second kappa shape index (κ2) is 4.61. The molecule has 0 saturated heterocycles. The van der Waals surface area contributed by atoms with Gasteiger partial charge in [-0.3, -0.25) is 9.20 Å². The molecule has 1 heterocycles. The summed E-state index contributed by atoms with van der Waals surface area (Å²) in [5.74, 6) is 3.45. The summed E-state index contributed by atoms with van der Waals surface area (Å²) in [5, 5.41) is -0.0969. The van der Waals surface area contributed by atoms with Crippen molar-refractivity contribution in [2.75, 3.05) is 11.5 Å². The van der Waals surface area contributed by atoms with Crippen molar-refractivity contribution < 1.29 is 8.60 Å². The van der Waals surface area contributed by atoms with Gasteiger partial charge in [0.25, 0.3) is 0 Å².